The zero-order valence-corrected chi connectivity index (χ0v) is 12.9. The Kier molecular flexibility index (Phi) is 4.78. The lowest BCUT2D eigenvalue weighted by atomic mass is 10.0. The third kappa shape index (κ3) is 3.57. The number of carbonyl (C=O) groups is 1. The number of likely N-dealkylation sites (tertiary alicyclic amines) is 1. The van der Waals surface area contributed by atoms with Crippen molar-refractivity contribution in [2.75, 3.05) is 25.0 Å². The number of nitrogens with zero attached hydrogens (tertiary/aromatic N) is 1. The third-order valence-electron chi connectivity index (χ3n) is 4.49. The predicted molar refractivity (Wildman–Crippen MR) is 85.7 cm³/mol. The van der Waals surface area contributed by atoms with Gasteiger partial charge >= 0.3 is 0 Å². The largest absolute Gasteiger partial charge is 0.325 e. The lowest BCUT2D eigenvalue weighted by Crippen LogP contribution is -2.49. The molecule has 2 saturated heterocycles. The maximum absolute atomic E-state index is 12.6. The summed E-state index contributed by atoms with van der Waals surface area (Å²) in [5, 5.41) is 7.10. The van der Waals surface area contributed by atoms with E-state index in [1.807, 2.05) is 12.1 Å². The average Bonchev–Trinajstić information content (AvgIpc) is 3.00. The van der Waals surface area contributed by atoms with Gasteiger partial charge < -0.3 is 10.6 Å². The molecule has 0 saturated carbocycles. The van der Waals surface area contributed by atoms with Gasteiger partial charge in [-0.15, -0.1) is 0 Å². The summed E-state index contributed by atoms with van der Waals surface area (Å²) in [7, 11) is 0. The van der Waals surface area contributed by atoms with Crippen LogP contribution in [-0.4, -0.2) is 42.5 Å². The minimum atomic E-state index is 0.0174. The van der Waals surface area contributed by atoms with E-state index in [-0.39, 0.29) is 11.9 Å². The predicted octanol–water partition coefficient (Wildman–Crippen LogP) is 2.49. The summed E-state index contributed by atoms with van der Waals surface area (Å²) in [5.74, 6) is 0.119. The van der Waals surface area contributed by atoms with Gasteiger partial charge in [-0.25, -0.2) is 0 Å². The molecule has 1 atom stereocenters. The molecule has 2 heterocycles. The number of hydrogen-bond donors (Lipinski definition) is 2. The molecule has 1 aromatic rings. The molecule has 1 amide bonds. The molecule has 1 aromatic carbocycles. The third-order valence-corrected chi connectivity index (χ3v) is 4.74. The molecule has 2 aliphatic heterocycles. The second-order valence-electron chi connectivity index (χ2n) is 5.87. The molecule has 4 nitrogen and oxygen atoms in total. The van der Waals surface area contributed by atoms with Gasteiger partial charge in [-0.1, -0.05) is 11.6 Å². The van der Waals surface area contributed by atoms with E-state index in [1.54, 1.807) is 12.1 Å². The Labute approximate surface area is 130 Å². The van der Waals surface area contributed by atoms with Crippen molar-refractivity contribution in [3.8, 4) is 0 Å². The molecule has 5 heteroatoms. The van der Waals surface area contributed by atoms with Crippen molar-refractivity contribution in [3.05, 3.63) is 29.3 Å². The Morgan fingerprint density at radius 3 is 2.62 bits per heavy atom. The number of carbonyl (C=O) groups excluding carboxylic acids is 1. The fourth-order valence-electron chi connectivity index (χ4n) is 3.40. The van der Waals surface area contributed by atoms with Crippen LogP contribution < -0.4 is 10.6 Å². The molecule has 1 unspecified atom stereocenters. The van der Waals surface area contributed by atoms with Crippen molar-refractivity contribution in [2.45, 2.75) is 37.8 Å². The van der Waals surface area contributed by atoms with Gasteiger partial charge in [0.05, 0.1) is 6.04 Å². The van der Waals surface area contributed by atoms with E-state index in [1.165, 1.54) is 0 Å². The van der Waals surface area contributed by atoms with Crippen LogP contribution in [-0.2, 0) is 4.79 Å². The molecule has 0 aliphatic carbocycles. The Hall–Kier alpha value is -1.10. The van der Waals surface area contributed by atoms with Crippen LogP contribution in [0.15, 0.2) is 24.3 Å². The van der Waals surface area contributed by atoms with Crippen LogP contribution in [0.4, 0.5) is 5.69 Å². The van der Waals surface area contributed by atoms with Crippen LogP contribution in [0.5, 0.6) is 0 Å². The highest BCUT2D eigenvalue weighted by molar-refractivity contribution is 6.30. The molecule has 2 aliphatic rings. The first kappa shape index (κ1) is 14.8. The minimum Gasteiger partial charge on any atom is -0.325 e. The standard InChI is InChI=1S/C16H22ClN3O/c17-12-3-5-13(6-4-12)19-16(21)15-2-1-11-20(15)14-7-9-18-10-8-14/h3-6,14-15,18H,1-2,7-11H2,(H,19,21). The molecular formula is C16H22ClN3O. The second kappa shape index (κ2) is 6.77. The molecule has 114 valence electrons. The molecule has 21 heavy (non-hydrogen) atoms. The SMILES string of the molecule is O=C(Nc1ccc(Cl)cc1)C1CCCN1C1CCNCC1. The van der Waals surface area contributed by atoms with Crippen molar-refractivity contribution in [1.29, 1.82) is 0 Å². The first-order valence-electron chi connectivity index (χ1n) is 7.77. The molecular weight excluding hydrogens is 286 g/mol. The van der Waals surface area contributed by atoms with Crippen molar-refractivity contribution in [1.82, 2.24) is 10.2 Å². The summed E-state index contributed by atoms with van der Waals surface area (Å²) in [6.07, 6.45) is 4.36. The van der Waals surface area contributed by atoms with Gasteiger partial charge in [0.1, 0.15) is 0 Å². The van der Waals surface area contributed by atoms with E-state index in [2.05, 4.69) is 15.5 Å². The lowest BCUT2D eigenvalue weighted by Gasteiger charge is -2.35. The van der Waals surface area contributed by atoms with Gasteiger partial charge in [0.2, 0.25) is 5.91 Å². The van der Waals surface area contributed by atoms with Crippen LogP contribution >= 0.6 is 11.6 Å². The number of anilines is 1. The number of nitrogens with one attached hydrogen (secondary N) is 2. The Morgan fingerprint density at radius 1 is 1.19 bits per heavy atom. The number of piperidine rings is 1. The Balaban J connectivity index is 1.63. The first-order valence-corrected chi connectivity index (χ1v) is 8.15. The number of halogens is 1. The summed E-state index contributed by atoms with van der Waals surface area (Å²) in [5.41, 5.74) is 0.821. The van der Waals surface area contributed by atoms with Gasteiger partial charge in [0.25, 0.3) is 0 Å². The summed E-state index contributed by atoms with van der Waals surface area (Å²) in [6, 6.07) is 7.87. The maximum atomic E-state index is 12.6. The lowest BCUT2D eigenvalue weighted by molar-refractivity contribution is -0.121. The number of amides is 1. The van der Waals surface area contributed by atoms with Crippen LogP contribution in [0.3, 0.4) is 0 Å². The fraction of sp³-hybridized carbons (Fsp3) is 0.562. The molecule has 0 spiro atoms. The van der Waals surface area contributed by atoms with E-state index in [0.717, 1.165) is 51.0 Å². The van der Waals surface area contributed by atoms with Crippen molar-refractivity contribution in [2.24, 2.45) is 0 Å². The zero-order chi connectivity index (χ0) is 14.7. The van der Waals surface area contributed by atoms with Gasteiger partial charge in [-0.2, -0.15) is 0 Å². The highest BCUT2D eigenvalue weighted by Gasteiger charge is 2.35. The highest BCUT2D eigenvalue weighted by atomic mass is 35.5. The normalized spacial score (nSPS) is 24.1. The summed E-state index contributed by atoms with van der Waals surface area (Å²) in [6.45, 7) is 3.17. The van der Waals surface area contributed by atoms with E-state index in [9.17, 15) is 4.79 Å². The smallest absolute Gasteiger partial charge is 0.241 e. The Bertz CT molecular complexity index is 485. The van der Waals surface area contributed by atoms with Crippen molar-refractivity contribution < 1.29 is 4.79 Å². The monoisotopic (exact) mass is 307 g/mol. The summed E-state index contributed by atoms with van der Waals surface area (Å²) in [4.78, 5) is 15.0. The first-order chi connectivity index (χ1) is 10.2. The van der Waals surface area contributed by atoms with Gasteiger partial charge in [0, 0.05) is 16.8 Å². The number of benzene rings is 1. The minimum absolute atomic E-state index is 0.0174. The van der Waals surface area contributed by atoms with E-state index >= 15 is 0 Å². The summed E-state index contributed by atoms with van der Waals surface area (Å²) < 4.78 is 0. The van der Waals surface area contributed by atoms with Gasteiger partial charge in [-0.3, -0.25) is 9.69 Å². The van der Waals surface area contributed by atoms with Crippen LogP contribution in [0, 0.1) is 0 Å². The van der Waals surface area contributed by atoms with Crippen molar-refractivity contribution >= 4 is 23.2 Å². The fourth-order valence-corrected chi connectivity index (χ4v) is 3.53. The molecule has 2 N–H and O–H groups in total. The van der Waals surface area contributed by atoms with Crippen LogP contribution in [0.25, 0.3) is 0 Å². The molecule has 0 bridgehead atoms. The summed E-state index contributed by atoms with van der Waals surface area (Å²) >= 11 is 5.87. The Morgan fingerprint density at radius 2 is 1.90 bits per heavy atom. The topological polar surface area (TPSA) is 44.4 Å². The molecule has 3 rings (SSSR count). The van der Waals surface area contributed by atoms with Crippen molar-refractivity contribution in [3.63, 3.8) is 0 Å². The van der Waals surface area contributed by atoms with Crippen LogP contribution in [0.1, 0.15) is 25.7 Å². The van der Waals surface area contributed by atoms with E-state index in [4.69, 9.17) is 11.6 Å². The zero-order valence-electron chi connectivity index (χ0n) is 12.1. The van der Waals surface area contributed by atoms with Gasteiger partial charge in [0.15, 0.2) is 0 Å². The van der Waals surface area contributed by atoms with Crippen LogP contribution in [0.2, 0.25) is 5.02 Å². The van der Waals surface area contributed by atoms with E-state index in [0.29, 0.717) is 11.1 Å². The maximum Gasteiger partial charge on any atom is 0.241 e. The highest BCUT2D eigenvalue weighted by Crippen LogP contribution is 2.25. The molecule has 0 aromatic heterocycles. The van der Waals surface area contributed by atoms with E-state index < -0.39 is 0 Å². The number of rotatable bonds is 3. The molecule has 2 fully saturated rings. The number of hydrogen-bond acceptors (Lipinski definition) is 3. The second-order valence-corrected chi connectivity index (χ2v) is 6.31. The molecule has 0 radical (unpaired) electrons. The van der Waals surface area contributed by atoms with Gasteiger partial charge in [-0.05, 0) is 69.6 Å². The average molecular weight is 308 g/mol. The quantitative estimate of drug-likeness (QED) is 0.902.